The fourth-order valence-electron chi connectivity index (χ4n) is 6.61. The maximum absolute atomic E-state index is 14.6. The molecule has 266 valence electrons. The Hall–Kier alpha value is -5.25. The van der Waals surface area contributed by atoms with Gasteiger partial charge in [0.2, 0.25) is 5.91 Å². The summed E-state index contributed by atoms with van der Waals surface area (Å²) in [6, 6.07) is 33.4. The molecule has 6 rings (SSSR count). The molecule has 0 bridgehead atoms. The van der Waals surface area contributed by atoms with Gasteiger partial charge in [-0.15, -0.1) is 0 Å². The third-order valence-corrected chi connectivity index (χ3v) is 10.2. The zero-order valence-electron chi connectivity index (χ0n) is 29.6. The topological polar surface area (TPSA) is 99.2 Å². The van der Waals surface area contributed by atoms with Crippen molar-refractivity contribution in [3.05, 3.63) is 141 Å². The van der Waals surface area contributed by atoms with Crippen LogP contribution in [0.15, 0.2) is 114 Å². The van der Waals surface area contributed by atoms with E-state index in [2.05, 4.69) is 32.3 Å². The Morgan fingerprint density at radius 1 is 0.846 bits per heavy atom. The second kappa shape index (κ2) is 16.4. The maximum Gasteiger partial charge on any atom is 0.250 e. The lowest BCUT2D eigenvalue weighted by Crippen LogP contribution is -2.40. The van der Waals surface area contributed by atoms with Gasteiger partial charge in [0.15, 0.2) is 11.6 Å². The van der Waals surface area contributed by atoms with Gasteiger partial charge in [-0.1, -0.05) is 94.8 Å². The molecular formula is C43H42BrN3O5. The summed E-state index contributed by atoms with van der Waals surface area (Å²) in [6.07, 6.45) is 1.88. The van der Waals surface area contributed by atoms with Gasteiger partial charge in [0, 0.05) is 34.3 Å². The van der Waals surface area contributed by atoms with Crippen molar-refractivity contribution in [3.8, 4) is 16.9 Å². The Morgan fingerprint density at radius 3 is 2.13 bits per heavy atom. The van der Waals surface area contributed by atoms with Gasteiger partial charge in [0.25, 0.3) is 0 Å². The molecule has 1 amide bonds. The van der Waals surface area contributed by atoms with Crippen LogP contribution in [0.5, 0.6) is 5.75 Å². The summed E-state index contributed by atoms with van der Waals surface area (Å²) >= 11 is 3.62. The fraction of sp³-hybridized carbons (Fsp3) is 0.233. The molecule has 1 fully saturated rings. The smallest absolute Gasteiger partial charge is 0.250 e. The predicted octanol–water partition coefficient (Wildman–Crippen LogP) is 9.15. The summed E-state index contributed by atoms with van der Waals surface area (Å²) in [5.41, 5.74) is 10.8. The van der Waals surface area contributed by atoms with E-state index in [1.807, 2.05) is 73.7 Å². The van der Waals surface area contributed by atoms with Crippen molar-refractivity contribution < 1.29 is 24.2 Å². The van der Waals surface area contributed by atoms with Crippen LogP contribution in [0.1, 0.15) is 69.7 Å². The molecular weight excluding hydrogens is 718 g/mol. The highest BCUT2D eigenvalue weighted by molar-refractivity contribution is 9.10. The van der Waals surface area contributed by atoms with Gasteiger partial charge in [-0.3, -0.25) is 19.8 Å². The molecule has 5 aromatic carbocycles. The number of halogens is 1. The minimum absolute atomic E-state index is 0.0126. The van der Waals surface area contributed by atoms with Crippen LogP contribution < -0.4 is 20.1 Å². The number of aliphatic hydroxyl groups is 1. The van der Waals surface area contributed by atoms with Gasteiger partial charge in [-0.2, -0.15) is 0 Å². The minimum Gasteiger partial charge on any atom is -0.496 e. The molecule has 1 heterocycles. The van der Waals surface area contributed by atoms with E-state index in [1.54, 1.807) is 48.3 Å². The molecule has 5 aromatic rings. The number of hydrogen-bond donors (Lipinski definition) is 2. The highest BCUT2D eigenvalue weighted by Crippen LogP contribution is 2.37. The zero-order chi connectivity index (χ0) is 36.8. The van der Waals surface area contributed by atoms with E-state index in [1.165, 1.54) is 13.5 Å². The first-order valence-electron chi connectivity index (χ1n) is 17.4. The van der Waals surface area contributed by atoms with Crippen molar-refractivity contribution in [2.75, 3.05) is 35.5 Å². The molecule has 1 unspecified atom stereocenters. The van der Waals surface area contributed by atoms with E-state index in [0.717, 1.165) is 59.7 Å². The van der Waals surface area contributed by atoms with Crippen molar-refractivity contribution in [2.24, 2.45) is 0 Å². The standard InChI is InChI=1S/C43H42BrN3O5/c1-28-11-10-14-38(46-23-8-5-9-24-46)41(28)47(45-35-21-19-32(20-22-35)31-17-15-30(16-18-31)29(2)48)40(49)26-34-25-39(52-3)36(27-37(34)44)43(51)42(50)33-12-6-4-7-13-33/h4,6-7,10-22,25,27,43,45,51H,5,8-9,23-24,26H2,1-3H3. The Morgan fingerprint density at radius 2 is 1.50 bits per heavy atom. The number of ketones is 2. The molecule has 52 heavy (non-hydrogen) atoms. The molecule has 0 aliphatic carbocycles. The lowest BCUT2D eigenvalue weighted by atomic mass is 9.97. The fourth-order valence-corrected chi connectivity index (χ4v) is 7.11. The number of nitrogens with one attached hydrogen (secondary N) is 1. The van der Waals surface area contributed by atoms with Crippen LogP contribution in [0.3, 0.4) is 0 Å². The van der Waals surface area contributed by atoms with Crippen LogP contribution in [0.25, 0.3) is 11.1 Å². The SMILES string of the molecule is COc1cc(CC(=O)N(Nc2ccc(-c3ccc(C(C)=O)cc3)cc2)c2c(C)cccc2N2CCCCC2)c(Br)cc1C(O)C(=O)c1ccccc1. The molecule has 9 heteroatoms. The van der Waals surface area contributed by atoms with Gasteiger partial charge in [0.05, 0.1) is 30.6 Å². The summed E-state index contributed by atoms with van der Waals surface area (Å²) in [5, 5.41) is 12.7. The predicted molar refractivity (Wildman–Crippen MR) is 210 cm³/mol. The lowest BCUT2D eigenvalue weighted by molar-refractivity contribution is -0.117. The van der Waals surface area contributed by atoms with E-state index in [9.17, 15) is 19.5 Å². The quantitative estimate of drug-likeness (QED) is 0.0967. The van der Waals surface area contributed by atoms with Crippen LogP contribution in [0.2, 0.25) is 0 Å². The van der Waals surface area contributed by atoms with Crippen LogP contribution in [0.4, 0.5) is 17.1 Å². The number of para-hydroxylation sites is 1. The van der Waals surface area contributed by atoms with E-state index in [4.69, 9.17) is 4.74 Å². The zero-order valence-corrected chi connectivity index (χ0v) is 31.2. The Bertz CT molecular complexity index is 2060. The van der Waals surface area contributed by atoms with Crippen molar-refractivity contribution in [1.82, 2.24) is 0 Å². The maximum atomic E-state index is 14.6. The average Bonchev–Trinajstić information content (AvgIpc) is 3.18. The summed E-state index contributed by atoms with van der Waals surface area (Å²) < 4.78 is 6.22. The number of methoxy groups -OCH3 is 1. The third kappa shape index (κ3) is 8.11. The lowest BCUT2D eigenvalue weighted by Gasteiger charge is -2.35. The number of nitrogens with zero attached hydrogens (tertiary/aromatic N) is 2. The number of carbonyl (C=O) groups excluding carboxylic acids is 3. The van der Waals surface area contributed by atoms with Crippen LogP contribution >= 0.6 is 15.9 Å². The number of amides is 1. The molecule has 0 radical (unpaired) electrons. The number of anilines is 3. The Balaban J connectivity index is 1.33. The highest BCUT2D eigenvalue weighted by Gasteiger charge is 2.28. The number of aryl methyl sites for hydroxylation is 1. The van der Waals surface area contributed by atoms with Gasteiger partial charge < -0.3 is 14.7 Å². The molecule has 0 aromatic heterocycles. The number of aliphatic hydroxyl groups excluding tert-OH is 1. The number of carbonyl (C=O) groups is 3. The summed E-state index contributed by atoms with van der Waals surface area (Å²) in [4.78, 5) is 41.8. The van der Waals surface area contributed by atoms with Crippen molar-refractivity contribution >= 4 is 50.5 Å². The summed E-state index contributed by atoms with van der Waals surface area (Å²) in [6.45, 7) is 5.38. The molecule has 1 saturated heterocycles. The van der Waals surface area contributed by atoms with Gasteiger partial charge in [-0.05, 0) is 85.7 Å². The largest absolute Gasteiger partial charge is 0.496 e. The Labute approximate surface area is 313 Å². The Kier molecular flexibility index (Phi) is 11.5. The molecule has 0 spiro atoms. The molecule has 1 atom stereocenters. The molecule has 2 N–H and O–H groups in total. The van der Waals surface area contributed by atoms with Crippen molar-refractivity contribution in [2.45, 2.75) is 45.6 Å². The van der Waals surface area contributed by atoms with Crippen LogP contribution in [-0.4, -0.2) is 42.8 Å². The molecule has 1 aliphatic rings. The second-order valence-corrected chi connectivity index (χ2v) is 13.9. The van der Waals surface area contributed by atoms with Gasteiger partial charge in [-0.25, -0.2) is 5.01 Å². The summed E-state index contributed by atoms with van der Waals surface area (Å²) in [7, 11) is 1.48. The van der Waals surface area contributed by atoms with E-state index in [-0.39, 0.29) is 18.1 Å². The van der Waals surface area contributed by atoms with Crippen molar-refractivity contribution in [1.29, 1.82) is 0 Å². The highest BCUT2D eigenvalue weighted by atomic mass is 79.9. The van der Waals surface area contributed by atoms with Crippen LogP contribution in [0, 0.1) is 6.92 Å². The number of ether oxygens (including phenoxy) is 1. The van der Waals surface area contributed by atoms with E-state index >= 15 is 0 Å². The number of piperidine rings is 1. The number of rotatable bonds is 12. The molecule has 1 aliphatic heterocycles. The number of benzene rings is 5. The van der Waals surface area contributed by atoms with Gasteiger partial charge >= 0.3 is 0 Å². The average molecular weight is 761 g/mol. The van der Waals surface area contributed by atoms with Crippen LogP contribution in [-0.2, 0) is 11.2 Å². The number of hydrazine groups is 1. The van der Waals surface area contributed by atoms with E-state index < -0.39 is 11.9 Å². The second-order valence-electron chi connectivity index (χ2n) is 13.0. The minimum atomic E-state index is -1.45. The first-order chi connectivity index (χ1) is 25.1. The van der Waals surface area contributed by atoms with E-state index in [0.29, 0.717) is 32.5 Å². The first-order valence-corrected chi connectivity index (χ1v) is 18.2. The number of hydrogen-bond acceptors (Lipinski definition) is 7. The van der Waals surface area contributed by atoms with Gasteiger partial charge in [0.1, 0.15) is 11.9 Å². The normalized spacial score (nSPS) is 13.3. The molecule has 0 saturated carbocycles. The monoisotopic (exact) mass is 759 g/mol. The first kappa shape index (κ1) is 36.5. The third-order valence-electron chi connectivity index (χ3n) is 9.48. The summed E-state index contributed by atoms with van der Waals surface area (Å²) in [5.74, 6) is -0.339. The number of Topliss-reactive ketones (excluding diaryl/α,β-unsaturated/α-hetero) is 2. The van der Waals surface area contributed by atoms with Crippen molar-refractivity contribution in [3.63, 3.8) is 0 Å². The molecule has 8 nitrogen and oxygen atoms in total.